The number of aromatic amines is 1. The van der Waals surface area contributed by atoms with E-state index < -0.39 is 4.92 Å². The van der Waals surface area contributed by atoms with Crippen molar-refractivity contribution in [2.45, 2.75) is 12.1 Å². The summed E-state index contributed by atoms with van der Waals surface area (Å²) in [6.07, 6.45) is 0. The number of non-ortho nitro benzene ring substituents is 1. The summed E-state index contributed by atoms with van der Waals surface area (Å²) in [4.78, 5) is 34.6. The molecule has 150 valence electrons. The van der Waals surface area contributed by atoms with Gasteiger partial charge in [0.15, 0.2) is 5.16 Å². The third-order valence-corrected chi connectivity index (χ3v) is 5.88. The molecule has 3 aromatic rings. The number of hydrogen-bond acceptors (Lipinski definition) is 6. The molecule has 0 saturated carbocycles. The molecule has 0 spiro atoms. The predicted molar refractivity (Wildman–Crippen MR) is 113 cm³/mol. The van der Waals surface area contributed by atoms with Gasteiger partial charge < -0.3 is 14.8 Å². The number of imidazole rings is 1. The van der Waals surface area contributed by atoms with Gasteiger partial charge in [0, 0.05) is 44.0 Å². The quantitative estimate of drug-likeness (QED) is 0.393. The van der Waals surface area contributed by atoms with Crippen molar-refractivity contribution >= 4 is 40.1 Å². The molecule has 1 aromatic heterocycles. The number of fused-ring (bicyclic) bond motifs is 1. The highest BCUT2D eigenvalue weighted by atomic mass is 32.2. The lowest BCUT2D eigenvalue weighted by Crippen LogP contribution is -2.49. The van der Waals surface area contributed by atoms with E-state index in [2.05, 4.69) is 46.1 Å². The van der Waals surface area contributed by atoms with Gasteiger partial charge in [0.2, 0.25) is 5.91 Å². The fourth-order valence-corrected chi connectivity index (χ4v) is 4.13. The average molecular weight is 411 g/mol. The highest BCUT2D eigenvalue weighted by Crippen LogP contribution is 2.24. The molecule has 0 aliphatic carbocycles. The highest BCUT2D eigenvalue weighted by Gasteiger charge is 2.21. The fourth-order valence-electron chi connectivity index (χ4n) is 3.35. The molecule has 2 aromatic carbocycles. The van der Waals surface area contributed by atoms with Crippen molar-refractivity contribution in [1.82, 2.24) is 14.9 Å². The number of benzene rings is 2. The van der Waals surface area contributed by atoms with E-state index in [-0.39, 0.29) is 17.3 Å². The Hall–Kier alpha value is -3.07. The SMILES string of the molecule is Cc1ccc(N2CCN(C(=O)CSc3nc4ccc([N+](=O)[O-])cc4[nH]3)CC2)cc1. The number of anilines is 1. The summed E-state index contributed by atoms with van der Waals surface area (Å²) in [7, 11) is 0. The molecule has 29 heavy (non-hydrogen) atoms. The second kappa shape index (κ2) is 8.12. The van der Waals surface area contributed by atoms with Crippen LogP contribution in [-0.4, -0.2) is 57.6 Å². The minimum atomic E-state index is -0.438. The fraction of sp³-hybridized carbons (Fsp3) is 0.300. The molecular weight excluding hydrogens is 390 g/mol. The van der Waals surface area contributed by atoms with Crippen LogP contribution in [0.4, 0.5) is 11.4 Å². The number of carbonyl (C=O) groups excluding carboxylic acids is 1. The van der Waals surface area contributed by atoms with Crippen LogP contribution in [0.1, 0.15) is 5.56 Å². The molecule has 1 aliphatic heterocycles. The Morgan fingerprint density at radius 1 is 1.17 bits per heavy atom. The Morgan fingerprint density at radius 3 is 2.59 bits per heavy atom. The molecule has 0 bridgehead atoms. The normalized spacial score (nSPS) is 14.4. The highest BCUT2D eigenvalue weighted by molar-refractivity contribution is 7.99. The van der Waals surface area contributed by atoms with Crippen molar-refractivity contribution in [2.75, 3.05) is 36.8 Å². The van der Waals surface area contributed by atoms with Crippen LogP contribution < -0.4 is 4.90 Å². The average Bonchev–Trinajstić information content (AvgIpc) is 3.15. The number of nitrogens with one attached hydrogen (secondary N) is 1. The Kier molecular flexibility index (Phi) is 5.39. The van der Waals surface area contributed by atoms with Crippen LogP contribution >= 0.6 is 11.8 Å². The first-order valence-electron chi connectivity index (χ1n) is 9.36. The Balaban J connectivity index is 1.31. The number of carbonyl (C=O) groups is 1. The van der Waals surface area contributed by atoms with E-state index in [9.17, 15) is 14.9 Å². The molecule has 1 N–H and O–H groups in total. The van der Waals surface area contributed by atoms with Gasteiger partial charge in [0.05, 0.1) is 21.7 Å². The first-order valence-corrected chi connectivity index (χ1v) is 10.3. The third-order valence-electron chi connectivity index (χ3n) is 5.02. The summed E-state index contributed by atoms with van der Waals surface area (Å²) in [5.41, 5.74) is 3.69. The molecule has 1 saturated heterocycles. The summed E-state index contributed by atoms with van der Waals surface area (Å²) in [5.74, 6) is 0.358. The maximum absolute atomic E-state index is 12.6. The van der Waals surface area contributed by atoms with Crippen molar-refractivity contribution in [3.05, 3.63) is 58.1 Å². The van der Waals surface area contributed by atoms with E-state index in [4.69, 9.17) is 0 Å². The van der Waals surface area contributed by atoms with Gasteiger partial charge in [-0.05, 0) is 25.1 Å². The van der Waals surface area contributed by atoms with Crippen LogP contribution in [0.25, 0.3) is 11.0 Å². The van der Waals surface area contributed by atoms with Crippen LogP contribution in [0.2, 0.25) is 0 Å². The molecule has 1 aliphatic rings. The maximum Gasteiger partial charge on any atom is 0.271 e. The minimum absolute atomic E-state index is 0.0141. The lowest BCUT2D eigenvalue weighted by Gasteiger charge is -2.36. The van der Waals surface area contributed by atoms with Crippen molar-refractivity contribution < 1.29 is 9.72 Å². The van der Waals surface area contributed by atoms with Crippen molar-refractivity contribution in [2.24, 2.45) is 0 Å². The number of thioether (sulfide) groups is 1. The van der Waals surface area contributed by atoms with E-state index in [0.717, 1.165) is 13.1 Å². The largest absolute Gasteiger partial charge is 0.368 e. The van der Waals surface area contributed by atoms with Crippen molar-refractivity contribution in [3.63, 3.8) is 0 Å². The monoisotopic (exact) mass is 411 g/mol. The molecular formula is C20H21N5O3S. The minimum Gasteiger partial charge on any atom is -0.368 e. The van der Waals surface area contributed by atoms with Crippen LogP contribution in [0, 0.1) is 17.0 Å². The first-order chi connectivity index (χ1) is 14.0. The number of hydrogen-bond donors (Lipinski definition) is 1. The molecule has 0 radical (unpaired) electrons. The Bertz CT molecular complexity index is 1040. The number of nitro groups is 1. The van der Waals surface area contributed by atoms with Crippen LogP contribution in [0.3, 0.4) is 0 Å². The molecule has 0 unspecified atom stereocenters. The third kappa shape index (κ3) is 4.34. The Labute approximate surface area is 172 Å². The van der Waals surface area contributed by atoms with E-state index in [1.165, 1.54) is 35.1 Å². The standard InChI is InChI=1S/C20H21N5O3S/c1-14-2-4-15(5-3-14)23-8-10-24(11-9-23)19(26)13-29-20-21-17-7-6-16(25(27)28)12-18(17)22-20/h2-7,12H,8-11,13H2,1H3,(H,21,22). The molecule has 2 heterocycles. The van der Waals surface area contributed by atoms with Gasteiger partial charge in [0.25, 0.3) is 5.69 Å². The van der Waals surface area contributed by atoms with E-state index in [0.29, 0.717) is 29.3 Å². The molecule has 1 amide bonds. The van der Waals surface area contributed by atoms with E-state index in [1.807, 2.05) is 4.90 Å². The topological polar surface area (TPSA) is 95.4 Å². The van der Waals surface area contributed by atoms with Crippen LogP contribution in [-0.2, 0) is 4.79 Å². The lowest BCUT2D eigenvalue weighted by atomic mass is 10.2. The second-order valence-electron chi connectivity index (χ2n) is 6.99. The van der Waals surface area contributed by atoms with Crippen molar-refractivity contribution in [1.29, 1.82) is 0 Å². The number of H-pyrrole nitrogens is 1. The number of aromatic nitrogens is 2. The molecule has 9 heteroatoms. The zero-order valence-electron chi connectivity index (χ0n) is 16.0. The summed E-state index contributed by atoms with van der Waals surface area (Å²) in [5, 5.41) is 11.5. The van der Waals surface area contributed by atoms with Gasteiger partial charge in [-0.25, -0.2) is 4.98 Å². The molecule has 8 nitrogen and oxygen atoms in total. The lowest BCUT2D eigenvalue weighted by molar-refractivity contribution is -0.384. The van der Waals surface area contributed by atoms with Gasteiger partial charge in [0.1, 0.15) is 0 Å². The number of nitro benzene ring substituents is 1. The summed E-state index contributed by atoms with van der Waals surface area (Å²) in [6, 6.07) is 12.9. The number of aryl methyl sites for hydroxylation is 1. The predicted octanol–water partition coefficient (Wildman–Crippen LogP) is 3.22. The van der Waals surface area contributed by atoms with Gasteiger partial charge in [-0.1, -0.05) is 29.5 Å². The summed E-state index contributed by atoms with van der Waals surface area (Å²) in [6.45, 7) is 5.09. The van der Waals surface area contributed by atoms with Gasteiger partial charge in [-0.2, -0.15) is 0 Å². The number of nitrogens with zero attached hydrogens (tertiary/aromatic N) is 4. The summed E-state index contributed by atoms with van der Waals surface area (Å²) >= 11 is 1.32. The first kappa shape index (κ1) is 19.3. The zero-order chi connectivity index (χ0) is 20.4. The van der Waals surface area contributed by atoms with E-state index >= 15 is 0 Å². The van der Waals surface area contributed by atoms with E-state index in [1.54, 1.807) is 6.07 Å². The molecule has 4 rings (SSSR count). The van der Waals surface area contributed by atoms with Crippen molar-refractivity contribution in [3.8, 4) is 0 Å². The molecule has 0 atom stereocenters. The molecule has 1 fully saturated rings. The second-order valence-corrected chi connectivity index (χ2v) is 7.96. The summed E-state index contributed by atoms with van der Waals surface area (Å²) < 4.78 is 0. The number of rotatable bonds is 5. The smallest absolute Gasteiger partial charge is 0.271 e. The van der Waals surface area contributed by atoms with Gasteiger partial charge in [-0.3, -0.25) is 14.9 Å². The van der Waals surface area contributed by atoms with Gasteiger partial charge in [-0.15, -0.1) is 0 Å². The zero-order valence-corrected chi connectivity index (χ0v) is 16.8. The maximum atomic E-state index is 12.6. The van der Waals surface area contributed by atoms with Crippen LogP contribution in [0.15, 0.2) is 47.6 Å². The van der Waals surface area contributed by atoms with Gasteiger partial charge >= 0.3 is 0 Å². The Morgan fingerprint density at radius 2 is 1.90 bits per heavy atom. The number of amides is 1. The van der Waals surface area contributed by atoms with Crippen LogP contribution in [0.5, 0.6) is 0 Å². The number of piperazine rings is 1.